The molecule has 2 aromatic carbocycles. The molecule has 3 N–H and O–H groups in total. The topological polar surface area (TPSA) is 116 Å². The molecule has 0 atom stereocenters. The molecule has 0 unspecified atom stereocenters. The Morgan fingerprint density at radius 2 is 1.40 bits per heavy atom. The van der Waals surface area contributed by atoms with Crippen molar-refractivity contribution in [3.05, 3.63) is 83.9 Å². The minimum absolute atomic E-state index is 0.0949. The van der Waals surface area contributed by atoms with E-state index in [1.165, 1.54) is 29.3 Å². The second kappa shape index (κ2) is 16.1. The fraction of sp³-hybridized carbons (Fsp3) is 0.355. The van der Waals surface area contributed by atoms with Crippen molar-refractivity contribution in [1.29, 1.82) is 0 Å². The van der Waals surface area contributed by atoms with Gasteiger partial charge in [-0.2, -0.15) is 0 Å². The van der Waals surface area contributed by atoms with E-state index in [4.69, 9.17) is 4.74 Å². The van der Waals surface area contributed by atoms with Crippen LogP contribution in [0.4, 0.5) is 31.0 Å². The molecule has 0 bridgehead atoms. The number of carbonyl (C=O) groups is 3. The lowest BCUT2D eigenvalue weighted by Crippen LogP contribution is -2.34. The number of pyridine rings is 1. The first kappa shape index (κ1) is 33.7. The fourth-order valence-corrected chi connectivity index (χ4v) is 3.26. The Kier molecular flexibility index (Phi) is 12.9. The molecule has 0 saturated heterocycles. The Hall–Kier alpha value is -4.51. The first-order chi connectivity index (χ1) is 19.8. The van der Waals surface area contributed by atoms with Gasteiger partial charge in [0.05, 0.1) is 17.1 Å². The summed E-state index contributed by atoms with van der Waals surface area (Å²) >= 11 is 0. The summed E-state index contributed by atoms with van der Waals surface area (Å²) in [5, 5.41) is 7.92. The van der Waals surface area contributed by atoms with Crippen LogP contribution in [0.1, 0.15) is 50.7 Å². The van der Waals surface area contributed by atoms with Crippen molar-refractivity contribution >= 4 is 35.1 Å². The van der Waals surface area contributed by atoms with Gasteiger partial charge in [0.25, 0.3) is 5.91 Å². The molecule has 0 spiro atoms. The van der Waals surface area contributed by atoms with Crippen LogP contribution < -0.4 is 16.0 Å². The van der Waals surface area contributed by atoms with E-state index in [2.05, 4.69) is 46.9 Å². The third kappa shape index (κ3) is 11.5. The van der Waals surface area contributed by atoms with Gasteiger partial charge in [0.2, 0.25) is 0 Å². The zero-order chi connectivity index (χ0) is 31.3. The van der Waals surface area contributed by atoms with Crippen LogP contribution in [0, 0.1) is 5.82 Å². The monoisotopic (exact) mass is 580 g/mol. The summed E-state index contributed by atoms with van der Waals surface area (Å²) in [5.74, 6) is -0.999. The molecular formula is C31H41FN6O4. The van der Waals surface area contributed by atoms with E-state index >= 15 is 0 Å². The molecule has 1 heterocycles. The number of nitrogens with zero attached hydrogens (tertiary/aromatic N) is 3. The molecule has 0 radical (unpaired) electrons. The van der Waals surface area contributed by atoms with Crippen molar-refractivity contribution < 1.29 is 23.5 Å². The number of nitrogens with one attached hydrogen (secondary N) is 3. The van der Waals surface area contributed by atoms with Gasteiger partial charge in [0.15, 0.2) is 0 Å². The Morgan fingerprint density at radius 1 is 0.833 bits per heavy atom. The van der Waals surface area contributed by atoms with Crippen LogP contribution in [0.3, 0.4) is 0 Å². The highest BCUT2D eigenvalue weighted by molar-refractivity contribution is 6.05. The predicted octanol–water partition coefficient (Wildman–Crippen LogP) is 6.44. The van der Waals surface area contributed by atoms with E-state index < -0.39 is 29.4 Å². The Balaban J connectivity index is 0.00000113. The number of hydrogen-bond acceptors (Lipinski definition) is 6. The van der Waals surface area contributed by atoms with Gasteiger partial charge in [-0.1, -0.05) is 37.3 Å². The second-order valence-corrected chi connectivity index (χ2v) is 10.5. The maximum Gasteiger partial charge on any atom is 0.412 e. The lowest BCUT2D eigenvalue weighted by Gasteiger charge is -2.21. The molecule has 10 nitrogen and oxygen atoms in total. The van der Waals surface area contributed by atoms with Gasteiger partial charge in [-0.15, -0.1) is 0 Å². The van der Waals surface area contributed by atoms with E-state index in [9.17, 15) is 18.8 Å². The summed E-state index contributed by atoms with van der Waals surface area (Å²) in [6.07, 6.45) is 0.856. The normalized spacial score (nSPS) is 10.7. The van der Waals surface area contributed by atoms with Crippen molar-refractivity contribution in [3.63, 3.8) is 0 Å². The minimum atomic E-state index is -0.667. The van der Waals surface area contributed by atoms with Crippen LogP contribution in [0.15, 0.2) is 66.9 Å². The summed E-state index contributed by atoms with van der Waals surface area (Å²) in [5.41, 5.74) is 1.02. The molecule has 3 rings (SSSR count). The number of anilines is 3. The van der Waals surface area contributed by atoms with Crippen LogP contribution in [0.5, 0.6) is 0 Å². The number of carbonyl (C=O) groups excluding carboxylic acids is 3. The number of urea groups is 1. The molecule has 11 heteroatoms. The van der Waals surface area contributed by atoms with Gasteiger partial charge in [-0.3, -0.25) is 15.1 Å². The van der Waals surface area contributed by atoms with Gasteiger partial charge in [-0.25, -0.2) is 14.0 Å². The predicted molar refractivity (Wildman–Crippen MR) is 164 cm³/mol. The van der Waals surface area contributed by atoms with E-state index in [0.29, 0.717) is 23.5 Å². The molecule has 0 fully saturated rings. The number of rotatable bonds is 8. The van der Waals surface area contributed by atoms with Gasteiger partial charge in [0.1, 0.15) is 17.1 Å². The van der Waals surface area contributed by atoms with Gasteiger partial charge in [-0.05, 0) is 84.2 Å². The summed E-state index contributed by atoms with van der Waals surface area (Å²) in [6.45, 7) is 10.9. The van der Waals surface area contributed by atoms with E-state index in [-0.39, 0.29) is 17.9 Å². The number of halogens is 1. The SMILES string of the molecule is CCN(C)C.CCN(Cc1ccc(C(=O)Nc2ccccc2NC(=O)OC(C)(C)C)nc1)C(=O)Nc1ccccc1F. The van der Waals surface area contributed by atoms with Gasteiger partial charge in [0, 0.05) is 19.3 Å². The van der Waals surface area contributed by atoms with Crippen LogP contribution in [0.2, 0.25) is 0 Å². The highest BCUT2D eigenvalue weighted by Gasteiger charge is 2.19. The minimum Gasteiger partial charge on any atom is -0.444 e. The van der Waals surface area contributed by atoms with E-state index in [0.717, 1.165) is 6.54 Å². The Labute approximate surface area is 247 Å². The number of benzene rings is 2. The smallest absolute Gasteiger partial charge is 0.412 e. The van der Waals surface area contributed by atoms with Crippen molar-refractivity contribution in [2.24, 2.45) is 0 Å². The molecule has 0 aliphatic heterocycles. The average molecular weight is 581 g/mol. The molecular weight excluding hydrogens is 539 g/mol. The fourth-order valence-electron chi connectivity index (χ4n) is 3.26. The first-order valence-electron chi connectivity index (χ1n) is 13.6. The first-order valence-corrected chi connectivity index (χ1v) is 13.6. The highest BCUT2D eigenvalue weighted by Crippen LogP contribution is 2.23. The third-order valence-corrected chi connectivity index (χ3v) is 5.66. The zero-order valence-electron chi connectivity index (χ0n) is 25.3. The number of ether oxygens (including phenoxy) is 1. The van der Waals surface area contributed by atoms with Gasteiger partial charge >= 0.3 is 12.1 Å². The van der Waals surface area contributed by atoms with Crippen LogP contribution in [-0.2, 0) is 11.3 Å². The zero-order valence-corrected chi connectivity index (χ0v) is 25.3. The standard InChI is InChI=1S/C27H30FN5O4.C4H11N/c1-5-33(25(35)31-20-11-7-6-10-19(20)28)17-18-14-15-23(29-16-18)24(34)30-21-12-8-9-13-22(21)32-26(36)37-27(2,3)4;1-4-5(2)3/h6-16H,5,17H2,1-4H3,(H,30,34)(H,31,35)(H,32,36);4H2,1-3H3. The Morgan fingerprint density at radius 3 is 1.90 bits per heavy atom. The molecule has 1 aromatic heterocycles. The summed E-state index contributed by atoms with van der Waals surface area (Å²) < 4.78 is 19.1. The molecule has 3 aromatic rings. The van der Waals surface area contributed by atoms with Crippen molar-refractivity contribution in [3.8, 4) is 0 Å². The highest BCUT2D eigenvalue weighted by atomic mass is 19.1. The number of para-hydroxylation sites is 3. The summed E-state index contributed by atoms with van der Waals surface area (Å²) in [7, 11) is 4.11. The third-order valence-electron chi connectivity index (χ3n) is 5.66. The lowest BCUT2D eigenvalue weighted by molar-refractivity contribution is 0.0635. The molecule has 4 amide bonds. The van der Waals surface area contributed by atoms with E-state index in [1.807, 2.05) is 0 Å². The Bertz CT molecular complexity index is 1330. The summed E-state index contributed by atoms with van der Waals surface area (Å²) in [6, 6.07) is 15.4. The quantitative estimate of drug-likeness (QED) is 0.282. The van der Waals surface area contributed by atoms with Crippen molar-refractivity contribution in [2.45, 2.75) is 46.8 Å². The van der Waals surface area contributed by atoms with Crippen LogP contribution >= 0.6 is 0 Å². The maximum absolute atomic E-state index is 13.9. The second-order valence-electron chi connectivity index (χ2n) is 10.5. The van der Waals surface area contributed by atoms with Crippen LogP contribution in [0.25, 0.3) is 0 Å². The van der Waals surface area contributed by atoms with Crippen molar-refractivity contribution in [2.75, 3.05) is 43.1 Å². The van der Waals surface area contributed by atoms with E-state index in [1.54, 1.807) is 70.2 Å². The van der Waals surface area contributed by atoms with Crippen LogP contribution in [-0.4, -0.2) is 65.6 Å². The molecule has 0 saturated carbocycles. The summed E-state index contributed by atoms with van der Waals surface area (Å²) in [4.78, 5) is 45.3. The molecule has 0 aliphatic rings. The average Bonchev–Trinajstić information content (AvgIpc) is 2.93. The van der Waals surface area contributed by atoms with Crippen molar-refractivity contribution in [1.82, 2.24) is 14.8 Å². The maximum atomic E-state index is 13.9. The largest absolute Gasteiger partial charge is 0.444 e. The number of hydrogen-bond donors (Lipinski definition) is 3. The lowest BCUT2D eigenvalue weighted by atomic mass is 10.2. The number of amides is 4. The molecule has 226 valence electrons. The number of aromatic nitrogens is 1. The molecule has 42 heavy (non-hydrogen) atoms. The molecule has 0 aliphatic carbocycles. The van der Waals surface area contributed by atoms with Gasteiger partial charge < -0.3 is 25.2 Å².